The first-order chi connectivity index (χ1) is 8.31. The fourth-order valence-corrected chi connectivity index (χ4v) is 2.18. The van der Waals surface area contributed by atoms with Crippen LogP contribution >= 0.6 is 0 Å². The second-order valence-electron chi connectivity index (χ2n) is 4.32. The summed E-state index contributed by atoms with van der Waals surface area (Å²) in [6.45, 7) is 1.88. The van der Waals surface area contributed by atoms with E-state index in [0.717, 1.165) is 25.0 Å². The highest BCUT2D eigenvalue weighted by molar-refractivity contribution is 5.92. The van der Waals surface area contributed by atoms with E-state index >= 15 is 0 Å². The van der Waals surface area contributed by atoms with Gasteiger partial charge in [0, 0.05) is 12.1 Å². The minimum atomic E-state index is 0.165. The van der Waals surface area contributed by atoms with Crippen LogP contribution in [0.5, 0.6) is 0 Å². The van der Waals surface area contributed by atoms with Crippen molar-refractivity contribution < 1.29 is 4.79 Å². The summed E-state index contributed by atoms with van der Waals surface area (Å²) >= 11 is 0. The van der Waals surface area contributed by atoms with Gasteiger partial charge in [0.05, 0.1) is 5.69 Å². The second kappa shape index (κ2) is 5.58. The minimum Gasteiger partial charge on any atom is -0.295 e. The fourth-order valence-electron chi connectivity index (χ4n) is 2.18. The molecule has 1 unspecified atom stereocenters. The average molecular weight is 227 g/mol. The number of hydrogen-bond donors (Lipinski definition) is 0. The molecule has 0 fully saturated rings. The molecule has 1 aliphatic rings. The molecule has 1 aromatic rings. The maximum absolute atomic E-state index is 11.7. The summed E-state index contributed by atoms with van der Waals surface area (Å²) in [4.78, 5) is 16.1. The van der Waals surface area contributed by atoms with E-state index in [1.807, 2.05) is 37.4 Å². The first-order valence-electron chi connectivity index (χ1n) is 6.08. The van der Waals surface area contributed by atoms with Crippen LogP contribution in [-0.2, 0) is 4.79 Å². The Morgan fingerprint density at radius 2 is 2.35 bits per heavy atom. The van der Waals surface area contributed by atoms with Gasteiger partial charge in [0.25, 0.3) is 0 Å². The Hall–Kier alpha value is -1.70. The van der Waals surface area contributed by atoms with Crippen LogP contribution in [0.2, 0.25) is 0 Å². The van der Waals surface area contributed by atoms with Crippen molar-refractivity contribution in [2.24, 2.45) is 5.92 Å². The van der Waals surface area contributed by atoms with Gasteiger partial charge in [-0.25, -0.2) is 0 Å². The van der Waals surface area contributed by atoms with Gasteiger partial charge < -0.3 is 0 Å². The number of pyridine rings is 1. The lowest BCUT2D eigenvalue weighted by Gasteiger charge is -2.19. The van der Waals surface area contributed by atoms with Gasteiger partial charge in [0.1, 0.15) is 0 Å². The predicted octanol–water partition coefficient (Wildman–Crippen LogP) is 3.41. The van der Waals surface area contributed by atoms with Crippen LogP contribution in [0.3, 0.4) is 0 Å². The molecule has 0 amide bonds. The Bertz CT molecular complexity index is 445. The minimum absolute atomic E-state index is 0.165. The Morgan fingerprint density at radius 1 is 1.47 bits per heavy atom. The molecule has 2 nitrogen and oxygen atoms in total. The number of carbonyl (C=O) groups is 1. The smallest absolute Gasteiger partial charge is 0.158 e. The first kappa shape index (κ1) is 11.8. The number of allylic oxidation sites excluding steroid dienone is 4. The highest BCUT2D eigenvalue weighted by Crippen LogP contribution is 2.29. The molecule has 0 bridgehead atoms. The van der Waals surface area contributed by atoms with Crippen LogP contribution < -0.4 is 0 Å². The van der Waals surface area contributed by atoms with Crippen molar-refractivity contribution in [2.75, 3.05) is 0 Å². The molecule has 0 saturated heterocycles. The van der Waals surface area contributed by atoms with Crippen molar-refractivity contribution >= 4 is 11.4 Å². The molecule has 1 aliphatic carbocycles. The Balaban J connectivity index is 2.05. The number of carbonyl (C=O) groups excluding carboxylic acids is 1. The number of rotatable bonds is 3. The van der Waals surface area contributed by atoms with Crippen molar-refractivity contribution in [1.29, 1.82) is 0 Å². The molecule has 0 saturated carbocycles. The highest BCUT2D eigenvalue weighted by atomic mass is 16.1. The molecule has 0 spiro atoms. The van der Waals surface area contributed by atoms with Gasteiger partial charge >= 0.3 is 0 Å². The SMILES string of the molecule is C/C=C/C(=O)C1CC=C(c2ccccn2)CC1. The van der Waals surface area contributed by atoms with Crippen LogP contribution in [0.4, 0.5) is 0 Å². The van der Waals surface area contributed by atoms with Gasteiger partial charge in [0.2, 0.25) is 0 Å². The monoisotopic (exact) mass is 227 g/mol. The van der Waals surface area contributed by atoms with Crippen molar-refractivity contribution in [2.45, 2.75) is 26.2 Å². The maximum Gasteiger partial charge on any atom is 0.158 e. The molecule has 0 aromatic carbocycles. The molecule has 2 rings (SSSR count). The zero-order valence-electron chi connectivity index (χ0n) is 10.1. The normalized spacial score (nSPS) is 20.3. The molecule has 88 valence electrons. The van der Waals surface area contributed by atoms with Crippen molar-refractivity contribution in [1.82, 2.24) is 4.98 Å². The van der Waals surface area contributed by atoms with Crippen LogP contribution in [-0.4, -0.2) is 10.8 Å². The molecular weight excluding hydrogens is 210 g/mol. The van der Waals surface area contributed by atoms with E-state index in [9.17, 15) is 4.79 Å². The number of ketones is 1. The Labute approximate surface area is 102 Å². The molecule has 17 heavy (non-hydrogen) atoms. The first-order valence-corrected chi connectivity index (χ1v) is 6.08. The van der Waals surface area contributed by atoms with Crippen LogP contribution in [0.1, 0.15) is 31.9 Å². The lowest BCUT2D eigenvalue weighted by molar-refractivity contribution is -0.118. The van der Waals surface area contributed by atoms with E-state index in [1.165, 1.54) is 5.57 Å². The highest BCUT2D eigenvalue weighted by Gasteiger charge is 2.20. The van der Waals surface area contributed by atoms with E-state index in [4.69, 9.17) is 0 Å². The molecule has 0 aliphatic heterocycles. The van der Waals surface area contributed by atoms with Gasteiger partial charge in [-0.15, -0.1) is 0 Å². The predicted molar refractivity (Wildman–Crippen MR) is 69.4 cm³/mol. The summed E-state index contributed by atoms with van der Waals surface area (Å²) in [5.41, 5.74) is 2.32. The standard InChI is InChI=1S/C15H17NO/c1-2-5-15(17)13-9-7-12(8-10-13)14-6-3-4-11-16-14/h2-7,11,13H,8-10H2,1H3/b5-2+. The number of hydrogen-bond acceptors (Lipinski definition) is 2. The molecule has 1 atom stereocenters. The van der Waals surface area contributed by atoms with Crippen molar-refractivity contribution in [3.63, 3.8) is 0 Å². The molecule has 2 heteroatoms. The van der Waals surface area contributed by atoms with Gasteiger partial charge in [-0.3, -0.25) is 9.78 Å². The lowest BCUT2D eigenvalue weighted by atomic mass is 9.85. The van der Waals surface area contributed by atoms with Crippen molar-refractivity contribution in [3.8, 4) is 0 Å². The third kappa shape index (κ3) is 2.90. The summed E-state index contributed by atoms with van der Waals surface area (Å²) in [7, 11) is 0. The lowest BCUT2D eigenvalue weighted by Crippen LogP contribution is -2.14. The zero-order valence-corrected chi connectivity index (χ0v) is 10.1. The zero-order chi connectivity index (χ0) is 12.1. The average Bonchev–Trinajstić information content (AvgIpc) is 2.40. The van der Waals surface area contributed by atoms with Gasteiger partial charge in [-0.2, -0.15) is 0 Å². The molecule has 1 aromatic heterocycles. The summed E-state index contributed by atoms with van der Waals surface area (Å²) < 4.78 is 0. The van der Waals surface area contributed by atoms with E-state index in [1.54, 1.807) is 6.08 Å². The fraction of sp³-hybridized carbons (Fsp3) is 0.333. The van der Waals surface area contributed by atoms with Crippen LogP contribution in [0.15, 0.2) is 42.6 Å². The van der Waals surface area contributed by atoms with Gasteiger partial charge in [-0.1, -0.05) is 18.2 Å². The van der Waals surface area contributed by atoms with Crippen LogP contribution in [0, 0.1) is 5.92 Å². The largest absolute Gasteiger partial charge is 0.295 e. The topological polar surface area (TPSA) is 30.0 Å². The molecule has 0 radical (unpaired) electrons. The Morgan fingerprint density at radius 3 is 2.94 bits per heavy atom. The summed E-state index contributed by atoms with van der Waals surface area (Å²) in [5, 5.41) is 0. The number of aromatic nitrogens is 1. The molecular formula is C15H17NO. The molecule has 1 heterocycles. The van der Waals surface area contributed by atoms with E-state index in [2.05, 4.69) is 11.1 Å². The second-order valence-corrected chi connectivity index (χ2v) is 4.32. The molecule has 0 N–H and O–H groups in total. The maximum atomic E-state index is 11.7. The van der Waals surface area contributed by atoms with E-state index < -0.39 is 0 Å². The Kier molecular flexibility index (Phi) is 3.86. The quantitative estimate of drug-likeness (QED) is 0.741. The van der Waals surface area contributed by atoms with Crippen LogP contribution in [0.25, 0.3) is 5.57 Å². The number of nitrogens with zero attached hydrogens (tertiary/aromatic N) is 1. The van der Waals surface area contributed by atoms with Gasteiger partial charge in [0.15, 0.2) is 5.78 Å². The summed E-state index contributed by atoms with van der Waals surface area (Å²) in [6.07, 6.45) is 10.2. The summed E-state index contributed by atoms with van der Waals surface area (Å²) in [6, 6.07) is 5.95. The van der Waals surface area contributed by atoms with E-state index in [0.29, 0.717) is 0 Å². The van der Waals surface area contributed by atoms with E-state index in [-0.39, 0.29) is 11.7 Å². The van der Waals surface area contributed by atoms with Crippen molar-refractivity contribution in [3.05, 3.63) is 48.3 Å². The third-order valence-electron chi connectivity index (χ3n) is 3.14. The van der Waals surface area contributed by atoms with Gasteiger partial charge in [-0.05, 0) is 50.0 Å². The summed E-state index contributed by atoms with van der Waals surface area (Å²) in [5.74, 6) is 0.419. The third-order valence-corrected chi connectivity index (χ3v) is 3.14.